The topological polar surface area (TPSA) is 72.6 Å². The lowest BCUT2D eigenvalue weighted by Crippen LogP contribution is -2.37. The zero-order valence-corrected chi connectivity index (χ0v) is 12.0. The summed E-state index contributed by atoms with van der Waals surface area (Å²) in [5.41, 5.74) is 8.30. The van der Waals surface area contributed by atoms with Crippen LogP contribution >= 0.6 is 0 Å². The van der Waals surface area contributed by atoms with Crippen LogP contribution in [0.4, 0.5) is 0 Å². The fourth-order valence-corrected chi connectivity index (χ4v) is 4.28. The van der Waals surface area contributed by atoms with Crippen LogP contribution < -0.4 is 5.73 Å². The molecular formula is C14H18N2O3S. The summed E-state index contributed by atoms with van der Waals surface area (Å²) in [5, 5.41) is 1.40. The molecule has 0 unspecified atom stereocenters. The highest BCUT2D eigenvalue weighted by molar-refractivity contribution is 7.95. The standard InChI is InChI=1S/C14H18N2O3S/c15-8-11-2-1-3-13-14(11)12(10-20(13,17)18)9-16-4-6-19-7-5-16/h1-3,10H,4-9,15H2. The molecule has 2 heterocycles. The van der Waals surface area contributed by atoms with Crippen molar-refractivity contribution in [2.24, 2.45) is 5.73 Å². The summed E-state index contributed by atoms with van der Waals surface area (Å²) in [6.07, 6.45) is 0. The van der Waals surface area contributed by atoms with Crippen molar-refractivity contribution in [2.45, 2.75) is 11.4 Å². The third-order valence-electron chi connectivity index (χ3n) is 3.76. The highest BCUT2D eigenvalue weighted by Gasteiger charge is 2.29. The van der Waals surface area contributed by atoms with E-state index in [1.165, 1.54) is 5.41 Å². The molecule has 0 bridgehead atoms. The van der Waals surface area contributed by atoms with Gasteiger partial charge in [-0.2, -0.15) is 0 Å². The normalized spacial score (nSPS) is 21.6. The lowest BCUT2D eigenvalue weighted by atomic mass is 10.0. The van der Waals surface area contributed by atoms with Crippen LogP contribution in [0.25, 0.3) is 5.57 Å². The minimum Gasteiger partial charge on any atom is -0.379 e. The van der Waals surface area contributed by atoms with Crippen molar-refractivity contribution in [3.05, 3.63) is 34.7 Å². The first-order chi connectivity index (χ1) is 9.62. The van der Waals surface area contributed by atoms with Crippen molar-refractivity contribution in [3.8, 4) is 0 Å². The molecule has 0 spiro atoms. The molecule has 6 heteroatoms. The minimum absolute atomic E-state index is 0.346. The van der Waals surface area contributed by atoms with Crippen molar-refractivity contribution in [2.75, 3.05) is 32.8 Å². The first-order valence-corrected chi connectivity index (χ1v) is 8.24. The number of ether oxygens (including phenoxy) is 1. The van der Waals surface area contributed by atoms with Gasteiger partial charge in [0.05, 0.1) is 18.1 Å². The van der Waals surface area contributed by atoms with Gasteiger partial charge in [-0.15, -0.1) is 0 Å². The third-order valence-corrected chi connectivity index (χ3v) is 5.30. The maximum atomic E-state index is 12.2. The fraction of sp³-hybridized carbons (Fsp3) is 0.429. The zero-order chi connectivity index (χ0) is 14.2. The van der Waals surface area contributed by atoms with Gasteiger partial charge in [0, 0.05) is 37.2 Å². The highest BCUT2D eigenvalue weighted by atomic mass is 32.2. The van der Waals surface area contributed by atoms with Crippen molar-refractivity contribution in [1.29, 1.82) is 0 Å². The van der Waals surface area contributed by atoms with E-state index in [1.54, 1.807) is 12.1 Å². The Labute approximate surface area is 118 Å². The summed E-state index contributed by atoms with van der Waals surface area (Å²) in [5.74, 6) is 0. The fourth-order valence-electron chi connectivity index (χ4n) is 2.77. The molecule has 0 atom stereocenters. The van der Waals surface area contributed by atoms with E-state index in [2.05, 4.69) is 4.90 Å². The van der Waals surface area contributed by atoms with Crippen LogP contribution in [0, 0.1) is 0 Å². The van der Waals surface area contributed by atoms with Gasteiger partial charge in [-0.05, 0) is 17.2 Å². The summed E-state index contributed by atoms with van der Waals surface area (Å²) in [7, 11) is -3.31. The van der Waals surface area contributed by atoms with Crippen LogP contribution in [-0.2, 0) is 21.1 Å². The van der Waals surface area contributed by atoms with Gasteiger partial charge in [0.1, 0.15) is 0 Å². The molecule has 20 heavy (non-hydrogen) atoms. The number of nitrogens with two attached hydrogens (primary N) is 1. The van der Waals surface area contributed by atoms with Crippen LogP contribution in [-0.4, -0.2) is 46.2 Å². The Morgan fingerprint density at radius 1 is 1.25 bits per heavy atom. The Hall–Kier alpha value is -1.21. The summed E-state index contributed by atoms with van der Waals surface area (Å²) in [4.78, 5) is 2.61. The number of benzene rings is 1. The Morgan fingerprint density at radius 2 is 2.00 bits per heavy atom. The summed E-state index contributed by atoms with van der Waals surface area (Å²) in [6.45, 7) is 4.04. The molecule has 0 aliphatic carbocycles. The lowest BCUT2D eigenvalue weighted by Gasteiger charge is -2.27. The maximum Gasteiger partial charge on any atom is 0.200 e. The van der Waals surface area contributed by atoms with Gasteiger partial charge in [0.25, 0.3) is 0 Å². The second-order valence-electron chi connectivity index (χ2n) is 5.07. The quantitative estimate of drug-likeness (QED) is 0.884. The zero-order valence-electron chi connectivity index (χ0n) is 11.2. The SMILES string of the molecule is NCc1cccc2c1C(CN1CCOCC1)=CS2(=O)=O. The van der Waals surface area contributed by atoms with Crippen LogP contribution in [0.15, 0.2) is 28.5 Å². The molecule has 0 aromatic heterocycles. The number of fused-ring (bicyclic) bond motifs is 1. The van der Waals surface area contributed by atoms with E-state index >= 15 is 0 Å². The predicted octanol–water partition coefficient (Wildman–Crippen LogP) is 0.606. The number of rotatable bonds is 3. The lowest BCUT2D eigenvalue weighted by molar-refractivity contribution is 0.0444. The van der Waals surface area contributed by atoms with Crippen LogP contribution in [0.1, 0.15) is 11.1 Å². The first kappa shape index (κ1) is 13.8. The van der Waals surface area contributed by atoms with E-state index in [4.69, 9.17) is 10.5 Å². The summed E-state index contributed by atoms with van der Waals surface area (Å²) >= 11 is 0. The van der Waals surface area contributed by atoms with Gasteiger partial charge < -0.3 is 10.5 Å². The van der Waals surface area contributed by atoms with Gasteiger partial charge in [0.2, 0.25) is 9.84 Å². The van der Waals surface area contributed by atoms with Gasteiger partial charge in [-0.3, -0.25) is 4.90 Å². The Kier molecular flexibility index (Phi) is 3.64. The number of sulfone groups is 1. The minimum atomic E-state index is -3.31. The molecule has 2 aliphatic heterocycles. The van der Waals surface area contributed by atoms with Gasteiger partial charge >= 0.3 is 0 Å². The van der Waals surface area contributed by atoms with Crippen molar-refractivity contribution in [3.63, 3.8) is 0 Å². The number of morpholine rings is 1. The average molecular weight is 294 g/mol. The largest absolute Gasteiger partial charge is 0.379 e. The van der Waals surface area contributed by atoms with E-state index in [0.29, 0.717) is 31.2 Å². The third kappa shape index (κ3) is 2.40. The average Bonchev–Trinajstić information content (AvgIpc) is 2.71. The van der Waals surface area contributed by atoms with E-state index < -0.39 is 9.84 Å². The molecule has 108 valence electrons. The molecule has 1 fully saturated rings. The van der Waals surface area contributed by atoms with Crippen molar-refractivity contribution >= 4 is 15.4 Å². The van der Waals surface area contributed by atoms with Gasteiger partial charge in [-0.1, -0.05) is 12.1 Å². The van der Waals surface area contributed by atoms with Crippen LogP contribution in [0.5, 0.6) is 0 Å². The predicted molar refractivity (Wildman–Crippen MR) is 76.8 cm³/mol. The molecule has 3 rings (SSSR count). The number of hydrogen-bond acceptors (Lipinski definition) is 5. The monoisotopic (exact) mass is 294 g/mol. The molecule has 2 N–H and O–H groups in total. The van der Waals surface area contributed by atoms with Crippen molar-refractivity contribution < 1.29 is 13.2 Å². The Balaban J connectivity index is 1.97. The molecule has 0 radical (unpaired) electrons. The van der Waals surface area contributed by atoms with E-state index in [9.17, 15) is 8.42 Å². The molecule has 0 amide bonds. The second-order valence-corrected chi connectivity index (χ2v) is 6.84. The van der Waals surface area contributed by atoms with Crippen molar-refractivity contribution in [1.82, 2.24) is 4.90 Å². The molecule has 1 aromatic rings. The number of hydrogen-bond donors (Lipinski definition) is 1. The van der Waals surface area contributed by atoms with E-state index in [-0.39, 0.29) is 0 Å². The molecule has 1 saturated heterocycles. The summed E-state index contributed by atoms with van der Waals surface area (Å²) in [6, 6.07) is 5.31. The molecule has 0 saturated carbocycles. The first-order valence-electron chi connectivity index (χ1n) is 6.70. The highest BCUT2D eigenvalue weighted by Crippen LogP contribution is 2.36. The second kappa shape index (κ2) is 5.29. The molecule has 1 aromatic carbocycles. The van der Waals surface area contributed by atoms with Crippen LogP contribution in [0.2, 0.25) is 0 Å². The molecule has 5 nitrogen and oxygen atoms in total. The van der Waals surface area contributed by atoms with Gasteiger partial charge in [-0.25, -0.2) is 8.42 Å². The number of nitrogens with zero attached hydrogens (tertiary/aromatic N) is 1. The molecule has 2 aliphatic rings. The van der Waals surface area contributed by atoms with E-state index in [1.807, 2.05) is 6.07 Å². The molecular weight excluding hydrogens is 276 g/mol. The van der Waals surface area contributed by atoms with Crippen LogP contribution in [0.3, 0.4) is 0 Å². The maximum absolute atomic E-state index is 12.2. The van der Waals surface area contributed by atoms with E-state index in [0.717, 1.165) is 29.8 Å². The Bertz CT molecular complexity index is 646. The van der Waals surface area contributed by atoms with Gasteiger partial charge in [0.15, 0.2) is 0 Å². The summed E-state index contributed by atoms with van der Waals surface area (Å²) < 4.78 is 29.7. The Morgan fingerprint density at radius 3 is 2.70 bits per heavy atom. The smallest absolute Gasteiger partial charge is 0.200 e.